The Morgan fingerprint density at radius 2 is 1.26 bits per heavy atom. The molecule has 2 fully saturated rings. The van der Waals surface area contributed by atoms with Crippen molar-refractivity contribution >= 4 is 23.9 Å². The highest BCUT2D eigenvalue weighted by molar-refractivity contribution is 6.02. The van der Waals surface area contributed by atoms with Crippen LogP contribution in [0.25, 0.3) is 0 Å². The lowest BCUT2D eigenvalue weighted by molar-refractivity contribution is -0.126. The van der Waals surface area contributed by atoms with Gasteiger partial charge in [-0.3, -0.25) is 24.3 Å². The SMILES string of the molecule is C=CN1CC(=O)N(CCC(C)(C)CCCCOCCCCC(C)(C)CCCN2C(=O)CN(CC)C2=O)C1=O. The molecule has 216 valence electrons. The number of likely N-dealkylation sites (N-methyl/N-ethyl adjacent to an activating group) is 1. The van der Waals surface area contributed by atoms with Gasteiger partial charge in [0.05, 0.1) is 0 Å². The van der Waals surface area contributed by atoms with E-state index in [1.165, 1.54) is 20.9 Å². The number of imide groups is 2. The highest BCUT2D eigenvalue weighted by Crippen LogP contribution is 2.30. The second-order valence-electron chi connectivity index (χ2n) is 12.2. The van der Waals surface area contributed by atoms with Gasteiger partial charge in [-0.2, -0.15) is 0 Å². The summed E-state index contributed by atoms with van der Waals surface area (Å²) in [7, 11) is 0. The lowest BCUT2D eigenvalue weighted by Gasteiger charge is -2.26. The Hall–Kier alpha value is -2.42. The van der Waals surface area contributed by atoms with Gasteiger partial charge in [-0.05, 0) is 62.7 Å². The molecule has 2 heterocycles. The van der Waals surface area contributed by atoms with Crippen LogP contribution in [0.1, 0.15) is 92.4 Å². The smallest absolute Gasteiger partial charge is 0.331 e. The minimum Gasteiger partial charge on any atom is -0.381 e. The van der Waals surface area contributed by atoms with Crippen molar-refractivity contribution in [2.45, 2.75) is 92.4 Å². The molecular formula is C29H50N4O5. The maximum absolute atomic E-state index is 12.2. The van der Waals surface area contributed by atoms with Crippen LogP contribution in [-0.2, 0) is 14.3 Å². The number of hydrogen-bond donors (Lipinski definition) is 0. The summed E-state index contributed by atoms with van der Waals surface area (Å²) in [5, 5.41) is 0. The van der Waals surface area contributed by atoms with E-state index in [2.05, 4.69) is 34.3 Å². The molecular weight excluding hydrogens is 484 g/mol. The maximum atomic E-state index is 12.2. The number of amides is 6. The molecule has 2 saturated heterocycles. The van der Waals surface area contributed by atoms with Crippen LogP contribution in [-0.4, -0.2) is 89.4 Å². The molecule has 0 aromatic rings. The molecule has 0 aromatic carbocycles. The van der Waals surface area contributed by atoms with Crippen molar-refractivity contribution in [1.29, 1.82) is 0 Å². The van der Waals surface area contributed by atoms with Crippen molar-refractivity contribution in [1.82, 2.24) is 19.6 Å². The summed E-state index contributed by atoms with van der Waals surface area (Å²) in [4.78, 5) is 54.1. The Labute approximate surface area is 229 Å². The molecule has 2 aliphatic rings. The first-order chi connectivity index (χ1) is 17.9. The number of hydrogen-bond acceptors (Lipinski definition) is 5. The van der Waals surface area contributed by atoms with Crippen LogP contribution in [0.15, 0.2) is 12.8 Å². The number of carbonyl (C=O) groups is 4. The maximum Gasteiger partial charge on any atom is 0.331 e. The molecule has 2 rings (SSSR count). The van der Waals surface area contributed by atoms with Crippen LogP contribution in [0.4, 0.5) is 9.59 Å². The molecule has 0 unspecified atom stereocenters. The predicted molar refractivity (Wildman–Crippen MR) is 148 cm³/mol. The highest BCUT2D eigenvalue weighted by Gasteiger charge is 2.36. The number of urea groups is 2. The van der Waals surface area contributed by atoms with Gasteiger partial charge in [0, 0.05) is 39.0 Å². The lowest BCUT2D eigenvalue weighted by Crippen LogP contribution is -2.34. The first-order valence-electron chi connectivity index (χ1n) is 14.3. The average molecular weight is 535 g/mol. The fourth-order valence-corrected chi connectivity index (χ4v) is 5.08. The van der Waals surface area contributed by atoms with Gasteiger partial charge in [0.25, 0.3) is 5.91 Å². The topological polar surface area (TPSA) is 90.5 Å². The highest BCUT2D eigenvalue weighted by atomic mass is 16.5. The minimum absolute atomic E-state index is 0.0540. The normalized spacial score (nSPS) is 17.0. The number of carbonyl (C=O) groups excluding carboxylic acids is 4. The van der Waals surface area contributed by atoms with Crippen LogP contribution in [0.3, 0.4) is 0 Å². The van der Waals surface area contributed by atoms with E-state index < -0.39 is 0 Å². The third kappa shape index (κ3) is 9.71. The zero-order valence-electron chi connectivity index (χ0n) is 24.4. The Balaban J connectivity index is 1.49. The molecule has 9 nitrogen and oxygen atoms in total. The van der Waals surface area contributed by atoms with E-state index in [-0.39, 0.29) is 47.8 Å². The molecule has 0 saturated carbocycles. The Morgan fingerprint density at radius 3 is 1.79 bits per heavy atom. The molecule has 6 amide bonds. The van der Waals surface area contributed by atoms with E-state index in [1.807, 2.05) is 6.92 Å². The third-order valence-corrected chi connectivity index (χ3v) is 7.85. The van der Waals surface area contributed by atoms with Crippen molar-refractivity contribution < 1.29 is 23.9 Å². The Kier molecular flexibility index (Phi) is 12.3. The first kappa shape index (κ1) is 31.8. The zero-order valence-corrected chi connectivity index (χ0v) is 24.4. The number of unbranched alkanes of at least 4 members (excludes halogenated alkanes) is 2. The number of nitrogens with zero attached hydrogens (tertiary/aromatic N) is 4. The first-order valence-corrected chi connectivity index (χ1v) is 14.3. The number of rotatable bonds is 19. The van der Waals surface area contributed by atoms with Crippen LogP contribution in [0.5, 0.6) is 0 Å². The molecule has 0 bridgehead atoms. The van der Waals surface area contributed by atoms with E-state index >= 15 is 0 Å². The van der Waals surface area contributed by atoms with E-state index in [4.69, 9.17) is 4.74 Å². The van der Waals surface area contributed by atoms with Gasteiger partial charge in [-0.1, -0.05) is 47.1 Å². The molecule has 0 atom stereocenters. The van der Waals surface area contributed by atoms with Crippen LogP contribution < -0.4 is 0 Å². The van der Waals surface area contributed by atoms with E-state index in [1.54, 1.807) is 4.90 Å². The third-order valence-electron chi connectivity index (χ3n) is 7.85. The quantitative estimate of drug-likeness (QED) is 0.167. The molecule has 2 aliphatic heterocycles. The van der Waals surface area contributed by atoms with Crippen LogP contribution in [0.2, 0.25) is 0 Å². The van der Waals surface area contributed by atoms with E-state index in [0.29, 0.717) is 19.6 Å². The van der Waals surface area contributed by atoms with Gasteiger partial charge in [-0.25, -0.2) is 9.59 Å². The molecule has 38 heavy (non-hydrogen) atoms. The van der Waals surface area contributed by atoms with Crippen molar-refractivity contribution in [2.24, 2.45) is 10.8 Å². The zero-order chi connectivity index (χ0) is 28.3. The van der Waals surface area contributed by atoms with Crippen LogP contribution in [0, 0.1) is 10.8 Å². The van der Waals surface area contributed by atoms with E-state index in [9.17, 15) is 19.2 Å². The molecule has 0 aromatic heterocycles. The summed E-state index contributed by atoms with van der Waals surface area (Å²) in [6.45, 7) is 17.7. The standard InChI is InChI=1S/C29H50N4O5/c1-7-30-22-24(34)32(26(30)36)18-13-16-28(3,4)14-9-11-20-38-21-12-10-15-29(5,6)17-19-33-25(35)23-31(8-2)27(33)37/h8H,2,7,9-23H2,1,3-6H3. The molecule has 0 radical (unpaired) electrons. The van der Waals surface area contributed by atoms with Gasteiger partial charge >= 0.3 is 12.1 Å². The second-order valence-corrected chi connectivity index (χ2v) is 12.2. The number of ether oxygens (including phenoxy) is 1. The summed E-state index contributed by atoms with van der Waals surface area (Å²) in [5.41, 5.74) is 0.231. The summed E-state index contributed by atoms with van der Waals surface area (Å²) in [5.74, 6) is -0.230. The van der Waals surface area contributed by atoms with Crippen LogP contribution >= 0.6 is 0 Å². The van der Waals surface area contributed by atoms with Crippen molar-refractivity contribution in [3.8, 4) is 0 Å². The lowest BCUT2D eigenvalue weighted by atomic mass is 9.82. The van der Waals surface area contributed by atoms with Gasteiger partial charge in [0.15, 0.2) is 0 Å². The fourth-order valence-electron chi connectivity index (χ4n) is 5.08. The Bertz CT molecular complexity index is 841. The molecule has 9 heteroatoms. The fraction of sp³-hybridized carbons (Fsp3) is 0.793. The second kappa shape index (κ2) is 14.7. The Morgan fingerprint density at radius 1 is 0.737 bits per heavy atom. The van der Waals surface area contributed by atoms with Gasteiger partial charge in [-0.15, -0.1) is 0 Å². The van der Waals surface area contributed by atoms with Gasteiger partial charge in [0.2, 0.25) is 5.91 Å². The summed E-state index contributed by atoms with van der Waals surface area (Å²) >= 11 is 0. The summed E-state index contributed by atoms with van der Waals surface area (Å²) in [6, 6.07) is -0.414. The van der Waals surface area contributed by atoms with Crippen molar-refractivity contribution in [3.05, 3.63) is 12.8 Å². The van der Waals surface area contributed by atoms with E-state index in [0.717, 1.165) is 71.0 Å². The average Bonchev–Trinajstić information content (AvgIpc) is 3.29. The molecule has 0 aliphatic carbocycles. The van der Waals surface area contributed by atoms with Crippen molar-refractivity contribution in [3.63, 3.8) is 0 Å². The largest absolute Gasteiger partial charge is 0.381 e. The van der Waals surface area contributed by atoms with Gasteiger partial charge in [0.1, 0.15) is 13.1 Å². The molecule has 0 spiro atoms. The summed E-state index contributed by atoms with van der Waals surface area (Å²) < 4.78 is 5.85. The van der Waals surface area contributed by atoms with Crippen molar-refractivity contribution in [2.75, 3.05) is 45.9 Å². The monoisotopic (exact) mass is 534 g/mol. The predicted octanol–water partition coefficient (Wildman–Crippen LogP) is 5.26. The van der Waals surface area contributed by atoms with Gasteiger partial charge < -0.3 is 9.64 Å². The summed E-state index contributed by atoms with van der Waals surface area (Å²) in [6.07, 6.45) is 10.3. The molecule has 0 N–H and O–H groups in total. The minimum atomic E-state index is -0.267.